The van der Waals surface area contributed by atoms with Gasteiger partial charge in [0.25, 0.3) is 0 Å². The molecule has 0 aliphatic heterocycles. The van der Waals surface area contributed by atoms with Gasteiger partial charge in [0.15, 0.2) is 0 Å². The van der Waals surface area contributed by atoms with E-state index in [2.05, 4.69) is 10.3 Å². The Morgan fingerprint density at radius 1 is 1.64 bits per heavy atom. The summed E-state index contributed by atoms with van der Waals surface area (Å²) in [6.45, 7) is 2.36. The van der Waals surface area contributed by atoms with E-state index in [0.717, 1.165) is 0 Å². The minimum Gasteiger partial charge on any atom is -0.399 e. The molecule has 0 fully saturated rings. The smallest absolute Gasteiger partial charge is 0.133 e. The van der Waals surface area contributed by atoms with E-state index in [0.29, 0.717) is 29.6 Å². The Bertz CT molecular complexity index is 286. The van der Waals surface area contributed by atoms with E-state index in [-0.39, 0.29) is 6.10 Å². The first-order valence-electron chi connectivity index (χ1n) is 4.46. The largest absolute Gasteiger partial charge is 0.399 e. The molecule has 0 aliphatic carbocycles. The predicted molar refractivity (Wildman–Crippen MR) is 58.4 cm³/mol. The van der Waals surface area contributed by atoms with Gasteiger partial charge in [0.2, 0.25) is 0 Å². The maximum atomic E-state index is 9.30. The first kappa shape index (κ1) is 11.1. The van der Waals surface area contributed by atoms with Gasteiger partial charge in [-0.05, 0) is 12.5 Å². The number of nitrogens with zero attached hydrogens (tertiary/aromatic N) is 1. The third-order valence-corrected chi connectivity index (χ3v) is 2.00. The van der Waals surface area contributed by atoms with Gasteiger partial charge in [0.05, 0.1) is 6.10 Å². The lowest BCUT2D eigenvalue weighted by atomic mass is 10.3. The van der Waals surface area contributed by atoms with Crippen LogP contribution < -0.4 is 11.1 Å². The lowest BCUT2D eigenvalue weighted by Crippen LogP contribution is -2.18. The van der Waals surface area contributed by atoms with Crippen LogP contribution in [0.2, 0.25) is 5.15 Å². The van der Waals surface area contributed by atoms with Crippen molar-refractivity contribution in [1.82, 2.24) is 4.98 Å². The number of rotatable bonds is 4. The zero-order valence-corrected chi connectivity index (χ0v) is 8.75. The molecule has 0 saturated heterocycles. The third-order valence-electron chi connectivity index (χ3n) is 1.81. The molecule has 4 nitrogen and oxygen atoms in total. The van der Waals surface area contributed by atoms with E-state index < -0.39 is 0 Å². The van der Waals surface area contributed by atoms with Gasteiger partial charge in [0.1, 0.15) is 11.0 Å². The van der Waals surface area contributed by atoms with Gasteiger partial charge in [-0.2, -0.15) is 0 Å². The summed E-state index contributed by atoms with van der Waals surface area (Å²) in [5.74, 6) is 0.586. The van der Waals surface area contributed by atoms with Gasteiger partial charge in [-0.1, -0.05) is 18.5 Å². The number of hydrogen-bond acceptors (Lipinski definition) is 4. The highest BCUT2D eigenvalue weighted by Gasteiger charge is 2.02. The molecule has 1 aromatic rings. The van der Waals surface area contributed by atoms with E-state index in [9.17, 15) is 5.11 Å². The number of nitrogen functional groups attached to an aromatic ring is 1. The molecule has 1 rings (SSSR count). The van der Waals surface area contributed by atoms with Crippen molar-refractivity contribution in [2.45, 2.75) is 19.4 Å². The quantitative estimate of drug-likeness (QED) is 0.666. The normalized spacial score (nSPS) is 12.5. The number of anilines is 2. The van der Waals surface area contributed by atoms with Crippen LogP contribution in [0.15, 0.2) is 12.1 Å². The van der Waals surface area contributed by atoms with Crippen LogP contribution in [0.5, 0.6) is 0 Å². The second kappa shape index (κ2) is 5.02. The van der Waals surface area contributed by atoms with Gasteiger partial charge < -0.3 is 16.2 Å². The predicted octanol–water partition coefficient (Wildman–Crippen LogP) is 1.50. The van der Waals surface area contributed by atoms with Crippen LogP contribution in [0, 0.1) is 0 Å². The molecule has 78 valence electrons. The standard InChI is InChI=1S/C9H14ClN3O/c1-2-7(14)5-12-9-4-6(11)3-8(10)13-9/h3-4,7,14H,2,5H2,1H3,(H3,11,12,13). The summed E-state index contributed by atoms with van der Waals surface area (Å²) in [5.41, 5.74) is 6.13. The Labute approximate surface area is 88.1 Å². The average Bonchev–Trinajstić information content (AvgIpc) is 2.12. The Kier molecular flexibility index (Phi) is 3.98. The van der Waals surface area contributed by atoms with Crippen molar-refractivity contribution in [1.29, 1.82) is 0 Å². The molecule has 5 heteroatoms. The number of halogens is 1. The summed E-state index contributed by atoms with van der Waals surface area (Å²) >= 11 is 5.71. The summed E-state index contributed by atoms with van der Waals surface area (Å²) < 4.78 is 0. The lowest BCUT2D eigenvalue weighted by Gasteiger charge is -2.10. The van der Waals surface area contributed by atoms with Crippen molar-refractivity contribution in [3.05, 3.63) is 17.3 Å². The fourth-order valence-corrected chi connectivity index (χ4v) is 1.19. The summed E-state index contributed by atoms with van der Waals surface area (Å²) in [6, 6.07) is 3.25. The molecule has 0 amide bonds. The monoisotopic (exact) mass is 215 g/mol. The molecule has 0 aromatic carbocycles. The van der Waals surface area contributed by atoms with Crippen LogP contribution >= 0.6 is 11.6 Å². The van der Waals surface area contributed by atoms with Crippen molar-refractivity contribution in [3.8, 4) is 0 Å². The number of nitrogens with two attached hydrogens (primary N) is 1. The van der Waals surface area contributed by atoms with Gasteiger partial charge in [-0.3, -0.25) is 0 Å². The number of nitrogens with one attached hydrogen (secondary N) is 1. The number of aromatic nitrogens is 1. The molecular formula is C9H14ClN3O. The third kappa shape index (κ3) is 3.40. The SMILES string of the molecule is CCC(O)CNc1cc(N)cc(Cl)n1. The lowest BCUT2D eigenvalue weighted by molar-refractivity contribution is 0.183. The molecule has 4 N–H and O–H groups in total. The van der Waals surface area contributed by atoms with E-state index in [1.807, 2.05) is 6.92 Å². The summed E-state index contributed by atoms with van der Waals surface area (Å²) in [4.78, 5) is 4.00. The van der Waals surface area contributed by atoms with Crippen LogP contribution in [-0.4, -0.2) is 22.7 Å². The van der Waals surface area contributed by atoms with Crippen LogP contribution in [0.1, 0.15) is 13.3 Å². The van der Waals surface area contributed by atoms with Gasteiger partial charge in [0, 0.05) is 18.3 Å². The highest BCUT2D eigenvalue weighted by molar-refractivity contribution is 6.29. The van der Waals surface area contributed by atoms with Crippen molar-refractivity contribution >= 4 is 23.1 Å². The van der Waals surface area contributed by atoms with Crippen LogP contribution in [-0.2, 0) is 0 Å². The Morgan fingerprint density at radius 2 is 2.36 bits per heavy atom. The highest BCUT2D eigenvalue weighted by atomic mass is 35.5. The highest BCUT2D eigenvalue weighted by Crippen LogP contribution is 2.15. The van der Waals surface area contributed by atoms with Gasteiger partial charge in [-0.15, -0.1) is 0 Å². The van der Waals surface area contributed by atoms with E-state index in [1.54, 1.807) is 12.1 Å². The number of aliphatic hydroxyl groups excluding tert-OH is 1. The van der Waals surface area contributed by atoms with Crippen LogP contribution in [0.3, 0.4) is 0 Å². The topological polar surface area (TPSA) is 71.2 Å². The Balaban J connectivity index is 2.58. The first-order valence-corrected chi connectivity index (χ1v) is 4.84. The second-order valence-corrected chi connectivity index (χ2v) is 3.44. The molecular weight excluding hydrogens is 202 g/mol. The molecule has 14 heavy (non-hydrogen) atoms. The summed E-state index contributed by atoms with van der Waals surface area (Å²) in [6.07, 6.45) is 0.320. The minimum atomic E-state index is -0.378. The van der Waals surface area contributed by atoms with Crippen LogP contribution in [0.4, 0.5) is 11.5 Å². The maximum Gasteiger partial charge on any atom is 0.133 e. The van der Waals surface area contributed by atoms with E-state index in [4.69, 9.17) is 17.3 Å². The molecule has 0 aliphatic rings. The van der Waals surface area contributed by atoms with Crippen LogP contribution in [0.25, 0.3) is 0 Å². The molecule has 1 aromatic heterocycles. The molecule has 0 radical (unpaired) electrons. The zero-order valence-electron chi connectivity index (χ0n) is 8.00. The van der Waals surface area contributed by atoms with Gasteiger partial charge in [-0.25, -0.2) is 4.98 Å². The van der Waals surface area contributed by atoms with Crippen molar-refractivity contribution in [3.63, 3.8) is 0 Å². The zero-order chi connectivity index (χ0) is 10.6. The number of pyridine rings is 1. The maximum absolute atomic E-state index is 9.30. The molecule has 0 spiro atoms. The number of hydrogen-bond donors (Lipinski definition) is 3. The van der Waals surface area contributed by atoms with E-state index in [1.165, 1.54) is 0 Å². The molecule has 0 saturated carbocycles. The van der Waals surface area contributed by atoms with E-state index >= 15 is 0 Å². The number of aliphatic hydroxyl groups is 1. The summed E-state index contributed by atoms with van der Waals surface area (Å²) in [7, 11) is 0. The molecule has 1 heterocycles. The molecule has 0 bridgehead atoms. The molecule has 1 unspecified atom stereocenters. The Hall–Kier alpha value is -1.00. The van der Waals surface area contributed by atoms with Crippen molar-refractivity contribution in [2.75, 3.05) is 17.6 Å². The van der Waals surface area contributed by atoms with Crippen molar-refractivity contribution < 1.29 is 5.11 Å². The van der Waals surface area contributed by atoms with Crippen molar-refractivity contribution in [2.24, 2.45) is 0 Å². The fraction of sp³-hybridized carbons (Fsp3) is 0.444. The first-order chi connectivity index (χ1) is 6.61. The summed E-state index contributed by atoms with van der Waals surface area (Å²) in [5, 5.41) is 12.6. The fourth-order valence-electron chi connectivity index (χ4n) is 0.974. The minimum absolute atomic E-state index is 0.346. The van der Waals surface area contributed by atoms with Gasteiger partial charge >= 0.3 is 0 Å². The average molecular weight is 216 g/mol. The second-order valence-electron chi connectivity index (χ2n) is 3.05. The Morgan fingerprint density at radius 3 is 2.93 bits per heavy atom. The molecule has 1 atom stereocenters.